The first-order chi connectivity index (χ1) is 9.58. The number of urea groups is 1. The third-order valence-electron chi connectivity index (χ3n) is 2.60. The van der Waals surface area contributed by atoms with Crippen LogP contribution in [0, 0.1) is 0 Å². The van der Waals surface area contributed by atoms with Crippen LogP contribution in [-0.2, 0) is 4.79 Å². The lowest BCUT2D eigenvalue weighted by Crippen LogP contribution is -2.49. The fourth-order valence-corrected chi connectivity index (χ4v) is 2.30. The molecule has 0 aliphatic rings. The molecule has 0 spiro atoms. The van der Waals surface area contributed by atoms with E-state index < -0.39 is 24.7 Å². The molecule has 3 N–H and O–H groups in total. The molecule has 0 aliphatic heterocycles. The van der Waals surface area contributed by atoms with Crippen molar-refractivity contribution < 1.29 is 14.0 Å². The van der Waals surface area contributed by atoms with Crippen LogP contribution < -0.4 is 16.0 Å². The van der Waals surface area contributed by atoms with E-state index in [2.05, 4.69) is 20.9 Å². The summed E-state index contributed by atoms with van der Waals surface area (Å²) in [5.41, 5.74) is 0. The van der Waals surface area contributed by atoms with Gasteiger partial charge in [0, 0.05) is 18.1 Å². The van der Waals surface area contributed by atoms with E-state index in [1.54, 1.807) is 6.20 Å². The quantitative estimate of drug-likeness (QED) is 0.711. The Morgan fingerprint density at radius 3 is 2.75 bits per heavy atom. The Hall–Kier alpha value is -1.70. The maximum Gasteiger partial charge on any atom is 0.315 e. The SMILES string of the molecule is CC[C@H](NC(=O)N[C@@H](C)C(=O)NCCF)c1nccs1. The lowest BCUT2D eigenvalue weighted by Gasteiger charge is -2.18. The van der Waals surface area contributed by atoms with Crippen LogP contribution in [0.1, 0.15) is 31.3 Å². The highest BCUT2D eigenvalue weighted by Crippen LogP contribution is 2.18. The maximum atomic E-state index is 11.9. The van der Waals surface area contributed by atoms with E-state index in [9.17, 15) is 14.0 Å². The van der Waals surface area contributed by atoms with Gasteiger partial charge in [0.15, 0.2) is 0 Å². The summed E-state index contributed by atoms with van der Waals surface area (Å²) < 4.78 is 11.9. The van der Waals surface area contributed by atoms with E-state index in [4.69, 9.17) is 0 Å². The molecule has 20 heavy (non-hydrogen) atoms. The van der Waals surface area contributed by atoms with Crippen molar-refractivity contribution in [2.45, 2.75) is 32.4 Å². The molecule has 0 aliphatic carbocycles. The first kappa shape index (κ1) is 16.4. The fraction of sp³-hybridized carbons (Fsp3) is 0.583. The molecule has 6 nitrogen and oxygen atoms in total. The Morgan fingerprint density at radius 1 is 1.45 bits per heavy atom. The highest BCUT2D eigenvalue weighted by molar-refractivity contribution is 7.09. The number of rotatable bonds is 7. The summed E-state index contributed by atoms with van der Waals surface area (Å²) in [5, 5.41) is 10.3. The first-order valence-electron chi connectivity index (χ1n) is 6.38. The van der Waals surface area contributed by atoms with Crippen molar-refractivity contribution >= 4 is 23.3 Å². The van der Waals surface area contributed by atoms with E-state index in [1.165, 1.54) is 18.3 Å². The number of nitrogens with one attached hydrogen (secondary N) is 3. The number of carbonyl (C=O) groups is 2. The van der Waals surface area contributed by atoms with Crippen LogP contribution in [0.25, 0.3) is 0 Å². The van der Waals surface area contributed by atoms with Crippen molar-refractivity contribution in [3.05, 3.63) is 16.6 Å². The minimum absolute atomic E-state index is 0.0524. The molecular weight excluding hydrogens is 283 g/mol. The number of alkyl halides is 1. The van der Waals surface area contributed by atoms with Gasteiger partial charge in [0.05, 0.1) is 6.04 Å². The van der Waals surface area contributed by atoms with Crippen LogP contribution >= 0.6 is 11.3 Å². The zero-order valence-corrected chi connectivity index (χ0v) is 12.3. The van der Waals surface area contributed by atoms with Gasteiger partial charge in [-0.2, -0.15) is 0 Å². The largest absolute Gasteiger partial charge is 0.352 e. The van der Waals surface area contributed by atoms with E-state index >= 15 is 0 Å². The van der Waals surface area contributed by atoms with E-state index in [0.717, 1.165) is 5.01 Å². The minimum Gasteiger partial charge on any atom is -0.352 e. The van der Waals surface area contributed by atoms with E-state index in [-0.39, 0.29) is 12.6 Å². The second-order valence-corrected chi connectivity index (χ2v) is 5.08. The van der Waals surface area contributed by atoms with Crippen LogP contribution in [0.2, 0.25) is 0 Å². The van der Waals surface area contributed by atoms with Crippen LogP contribution in [0.5, 0.6) is 0 Å². The van der Waals surface area contributed by atoms with Crippen molar-refractivity contribution in [1.29, 1.82) is 0 Å². The predicted octanol–water partition coefficient (Wildman–Crippen LogP) is 1.37. The van der Waals surface area contributed by atoms with E-state index in [1.807, 2.05) is 12.3 Å². The molecular formula is C12H19FN4O2S. The maximum absolute atomic E-state index is 11.9. The molecule has 0 radical (unpaired) electrons. The van der Waals surface area contributed by atoms with Crippen molar-refractivity contribution in [2.75, 3.05) is 13.2 Å². The third kappa shape index (κ3) is 5.12. The molecule has 1 heterocycles. The standard InChI is InChI=1S/C12H19FN4O2S/c1-3-9(11-15-6-7-20-11)17-12(19)16-8(2)10(18)14-5-4-13/h6-9H,3-5H2,1-2H3,(H,14,18)(H2,16,17,19)/t8-,9-/m0/s1. The Morgan fingerprint density at radius 2 is 2.20 bits per heavy atom. The third-order valence-corrected chi connectivity index (χ3v) is 3.49. The summed E-state index contributed by atoms with van der Waals surface area (Å²) in [6.07, 6.45) is 2.37. The number of thiazole rings is 1. The van der Waals surface area contributed by atoms with Gasteiger partial charge in [0.2, 0.25) is 5.91 Å². The first-order valence-corrected chi connectivity index (χ1v) is 7.26. The number of hydrogen-bond donors (Lipinski definition) is 3. The summed E-state index contributed by atoms with van der Waals surface area (Å²) in [6, 6.07) is -1.36. The predicted molar refractivity (Wildman–Crippen MR) is 75.3 cm³/mol. The zero-order valence-electron chi connectivity index (χ0n) is 11.5. The van der Waals surface area contributed by atoms with Gasteiger partial charge >= 0.3 is 6.03 Å². The molecule has 0 saturated heterocycles. The highest BCUT2D eigenvalue weighted by Gasteiger charge is 2.18. The van der Waals surface area contributed by atoms with Gasteiger partial charge in [0.25, 0.3) is 0 Å². The monoisotopic (exact) mass is 302 g/mol. The number of carbonyl (C=O) groups excluding carboxylic acids is 2. The highest BCUT2D eigenvalue weighted by atomic mass is 32.1. The van der Waals surface area contributed by atoms with Gasteiger partial charge in [-0.1, -0.05) is 6.92 Å². The molecule has 1 aromatic rings. The number of amides is 3. The van der Waals surface area contributed by atoms with Crippen molar-refractivity contribution in [3.63, 3.8) is 0 Å². The van der Waals surface area contributed by atoms with Crippen molar-refractivity contribution in [2.24, 2.45) is 0 Å². The van der Waals surface area contributed by atoms with Crippen LogP contribution in [0.3, 0.4) is 0 Å². The summed E-state index contributed by atoms with van der Waals surface area (Å²) in [6.45, 7) is 2.79. The molecule has 0 aromatic carbocycles. The zero-order chi connectivity index (χ0) is 15.0. The summed E-state index contributed by atoms with van der Waals surface area (Å²) >= 11 is 1.46. The van der Waals surface area contributed by atoms with Gasteiger partial charge in [0.1, 0.15) is 17.7 Å². The molecule has 112 valence electrons. The van der Waals surface area contributed by atoms with Crippen LogP contribution in [0.4, 0.5) is 9.18 Å². The van der Waals surface area contributed by atoms with Gasteiger partial charge in [-0.3, -0.25) is 4.79 Å². The second kappa shape index (κ2) is 8.47. The van der Waals surface area contributed by atoms with Gasteiger partial charge < -0.3 is 16.0 Å². The number of nitrogens with zero attached hydrogens (tertiary/aromatic N) is 1. The number of halogens is 1. The average molecular weight is 302 g/mol. The molecule has 0 bridgehead atoms. The molecule has 0 saturated carbocycles. The van der Waals surface area contributed by atoms with Gasteiger partial charge in [-0.05, 0) is 13.3 Å². The summed E-state index contributed by atoms with van der Waals surface area (Å²) in [7, 11) is 0. The molecule has 0 fully saturated rings. The molecule has 8 heteroatoms. The molecule has 1 aromatic heterocycles. The van der Waals surface area contributed by atoms with Crippen LogP contribution in [0.15, 0.2) is 11.6 Å². The molecule has 0 unspecified atom stereocenters. The van der Waals surface area contributed by atoms with Crippen LogP contribution in [-0.4, -0.2) is 36.2 Å². The normalized spacial score (nSPS) is 13.3. The van der Waals surface area contributed by atoms with Gasteiger partial charge in [-0.15, -0.1) is 11.3 Å². The lowest BCUT2D eigenvalue weighted by atomic mass is 10.2. The Kier molecular flexibility index (Phi) is 6.92. The smallest absolute Gasteiger partial charge is 0.315 e. The average Bonchev–Trinajstić information content (AvgIpc) is 2.95. The summed E-state index contributed by atoms with van der Waals surface area (Å²) in [5.74, 6) is -0.417. The minimum atomic E-state index is -0.727. The van der Waals surface area contributed by atoms with E-state index in [0.29, 0.717) is 6.42 Å². The second-order valence-electron chi connectivity index (χ2n) is 4.15. The fourth-order valence-electron chi connectivity index (χ4n) is 1.53. The van der Waals surface area contributed by atoms with Crippen molar-refractivity contribution in [1.82, 2.24) is 20.9 Å². The van der Waals surface area contributed by atoms with Gasteiger partial charge in [-0.25, -0.2) is 14.2 Å². The lowest BCUT2D eigenvalue weighted by molar-refractivity contribution is -0.122. The number of aromatic nitrogens is 1. The molecule has 2 atom stereocenters. The Balaban J connectivity index is 2.44. The Labute approximate surface area is 121 Å². The number of hydrogen-bond acceptors (Lipinski definition) is 4. The molecule has 3 amide bonds. The topological polar surface area (TPSA) is 83.1 Å². The Bertz CT molecular complexity index is 427. The molecule has 1 rings (SSSR count). The van der Waals surface area contributed by atoms with Crippen molar-refractivity contribution in [3.8, 4) is 0 Å². The summed E-state index contributed by atoms with van der Waals surface area (Å²) in [4.78, 5) is 27.4.